The predicted molar refractivity (Wildman–Crippen MR) is 80.3 cm³/mol. The van der Waals surface area contributed by atoms with Crippen LogP contribution in [0.15, 0.2) is 18.5 Å². The molecule has 116 valence electrons. The number of carbonyl (C=O) groups is 2. The molecular weight excluding hydrogens is 270 g/mol. The van der Waals surface area contributed by atoms with E-state index in [-0.39, 0.29) is 11.8 Å². The second-order valence-corrected chi connectivity index (χ2v) is 4.67. The van der Waals surface area contributed by atoms with Crippen LogP contribution in [-0.2, 0) is 4.74 Å². The van der Waals surface area contributed by atoms with Crippen LogP contribution < -0.4 is 10.6 Å². The van der Waals surface area contributed by atoms with E-state index in [1.165, 1.54) is 12.4 Å². The smallest absolute Gasteiger partial charge is 0.252 e. The number of unbranched alkanes of at least 4 members (excludes halogenated alkanes) is 1. The average Bonchev–Trinajstić information content (AvgIpc) is 2.51. The molecule has 0 radical (unpaired) electrons. The molecule has 1 rings (SSSR count). The van der Waals surface area contributed by atoms with Crippen LogP contribution in [0, 0.1) is 0 Å². The standard InChI is InChI=1S/C15H23N3O3/c1-3-4-6-17-14(19)12-9-13(11-16-10-12)15(20)18-7-5-8-21-2/h9-11H,3-8H2,1-2H3,(H,17,19)(H,18,20). The Morgan fingerprint density at radius 2 is 1.67 bits per heavy atom. The minimum atomic E-state index is -0.234. The Kier molecular flexibility index (Phi) is 8.04. The molecule has 0 aliphatic heterocycles. The molecule has 0 aromatic carbocycles. The molecule has 0 spiro atoms. The number of carbonyl (C=O) groups excluding carboxylic acids is 2. The van der Waals surface area contributed by atoms with Gasteiger partial charge in [0.05, 0.1) is 11.1 Å². The van der Waals surface area contributed by atoms with E-state index in [0.29, 0.717) is 30.8 Å². The summed E-state index contributed by atoms with van der Waals surface area (Å²) in [5.41, 5.74) is 0.784. The Hall–Kier alpha value is -1.95. The van der Waals surface area contributed by atoms with Crippen molar-refractivity contribution < 1.29 is 14.3 Å². The highest BCUT2D eigenvalue weighted by Crippen LogP contribution is 2.03. The topological polar surface area (TPSA) is 80.3 Å². The van der Waals surface area contributed by atoms with Gasteiger partial charge in [0.25, 0.3) is 11.8 Å². The number of methoxy groups -OCH3 is 1. The summed E-state index contributed by atoms with van der Waals surface area (Å²) in [7, 11) is 1.62. The lowest BCUT2D eigenvalue weighted by Crippen LogP contribution is -2.27. The first-order valence-corrected chi connectivity index (χ1v) is 7.19. The van der Waals surface area contributed by atoms with Gasteiger partial charge in [-0.1, -0.05) is 13.3 Å². The maximum absolute atomic E-state index is 11.9. The van der Waals surface area contributed by atoms with E-state index >= 15 is 0 Å². The zero-order chi connectivity index (χ0) is 15.5. The largest absolute Gasteiger partial charge is 0.385 e. The lowest BCUT2D eigenvalue weighted by molar-refractivity contribution is 0.0948. The second kappa shape index (κ2) is 9.88. The first-order valence-electron chi connectivity index (χ1n) is 7.19. The van der Waals surface area contributed by atoms with Gasteiger partial charge in [-0.05, 0) is 18.9 Å². The Morgan fingerprint density at radius 3 is 2.19 bits per heavy atom. The molecule has 2 amide bonds. The van der Waals surface area contributed by atoms with Crippen LogP contribution in [-0.4, -0.2) is 43.6 Å². The lowest BCUT2D eigenvalue weighted by atomic mass is 10.2. The highest BCUT2D eigenvalue weighted by atomic mass is 16.5. The molecule has 0 aliphatic rings. The van der Waals surface area contributed by atoms with E-state index in [9.17, 15) is 9.59 Å². The molecule has 0 atom stereocenters. The molecule has 0 aliphatic carbocycles. The van der Waals surface area contributed by atoms with Crippen molar-refractivity contribution in [2.45, 2.75) is 26.2 Å². The van der Waals surface area contributed by atoms with Crippen LogP contribution >= 0.6 is 0 Å². The van der Waals surface area contributed by atoms with Gasteiger partial charge < -0.3 is 15.4 Å². The van der Waals surface area contributed by atoms with E-state index in [4.69, 9.17) is 4.74 Å². The summed E-state index contributed by atoms with van der Waals surface area (Å²) in [6.07, 6.45) is 5.60. The molecule has 0 fully saturated rings. The van der Waals surface area contributed by atoms with Gasteiger partial charge in [-0.3, -0.25) is 14.6 Å². The molecule has 0 saturated carbocycles. The summed E-state index contributed by atoms with van der Waals surface area (Å²) >= 11 is 0. The molecule has 1 aromatic rings. The third kappa shape index (κ3) is 6.35. The normalized spacial score (nSPS) is 10.2. The Morgan fingerprint density at radius 1 is 1.10 bits per heavy atom. The third-order valence-corrected chi connectivity index (χ3v) is 2.89. The number of amides is 2. The van der Waals surface area contributed by atoms with Gasteiger partial charge in [-0.25, -0.2) is 0 Å². The number of rotatable bonds is 9. The maximum atomic E-state index is 11.9. The SMILES string of the molecule is CCCCNC(=O)c1cncc(C(=O)NCCCOC)c1. The van der Waals surface area contributed by atoms with Gasteiger partial charge in [0, 0.05) is 39.2 Å². The quantitative estimate of drug-likeness (QED) is 0.674. The summed E-state index contributed by atoms with van der Waals surface area (Å²) in [5, 5.41) is 5.56. The predicted octanol–water partition coefficient (Wildman–Crippen LogP) is 1.38. The van der Waals surface area contributed by atoms with Crippen molar-refractivity contribution in [2.75, 3.05) is 26.8 Å². The minimum Gasteiger partial charge on any atom is -0.385 e. The molecule has 6 nitrogen and oxygen atoms in total. The first-order chi connectivity index (χ1) is 10.2. The van der Waals surface area contributed by atoms with E-state index in [2.05, 4.69) is 22.5 Å². The van der Waals surface area contributed by atoms with Crippen molar-refractivity contribution in [2.24, 2.45) is 0 Å². The van der Waals surface area contributed by atoms with Crippen LogP contribution in [0.5, 0.6) is 0 Å². The fourth-order valence-corrected chi connectivity index (χ4v) is 1.69. The van der Waals surface area contributed by atoms with Gasteiger partial charge in [0.2, 0.25) is 0 Å². The maximum Gasteiger partial charge on any atom is 0.252 e. The average molecular weight is 293 g/mol. The number of ether oxygens (including phenoxy) is 1. The van der Waals surface area contributed by atoms with Crippen molar-refractivity contribution in [1.29, 1.82) is 0 Å². The molecule has 2 N–H and O–H groups in total. The van der Waals surface area contributed by atoms with Crippen LogP contribution in [0.1, 0.15) is 46.9 Å². The van der Waals surface area contributed by atoms with E-state index in [0.717, 1.165) is 19.3 Å². The zero-order valence-electron chi connectivity index (χ0n) is 12.6. The summed E-state index contributed by atoms with van der Waals surface area (Å²) in [5.74, 6) is -0.438. The van der Waals surface area contributed by atoms with Crippen LogP contribution in [0.4, 0.5) is 0 Å². The summed E-state index contributed by atoms with van der Waals surface area (Å²) in [4.78, 5) is 27.8. The van der Waals surface area contributed by atoms with E-state index < -0.39 is 0 Å². The zero-order valence-corrected chi connectivity index (χ0v) is 12.6. The van der Waals surface area contributed by atoms with Crippen molar-refractivity contribution in [1.82, 2.24) is 15.6 Å². The van der Waals surface area contributed by atoms with Gasteiger partial charge in [-0.2, -0.15) is 0 Å². The van der Waals surface area contributed by atoms with Crippen molar-refractivity contribution in [3.8, 4) is 0 Å². The summed E-state index contributed by atoms with van der Waals surface area (Å²) < 4.78 is 4.91. The molecule has 0 bridgehead atoms. The Balaban J connectivity index is 2.54. The number of nitrogens with one attached hydrogen (secondary N) is 2. The monoisotopic (exact) mass is 293 g/mol. The van der Waals surface area contributed by atoms with Crippen molar-refractivity contribution in [3.63, 3.8) is 0 Å². The fourth-order valence-electron chi connectivity index (χ4n) is 1.69. The minimum absolute atomic E-state index is 0.204. The molecule has 1 heterocycles. The Bertz CT molecular complexity index is 463. The lowest BCUT2D eigenvalue weighted by Gasteiger charge is -2.07. The molecule has 21 heavy (non-hydrogen) atoms. The Labute approximate surface area is 125 Å². The summed E-state index contributed by atoms with van der Waals surface area (Å²) in [6.45, 7) is 3.81. The molecular formula is C15H23N3O3. The third-order valence-electron chi connectivity index (χ3n) is 2.89. The van der Waals surface area contributed by atoms with Crippen molar-refractivity contribution in [3.05, 3.63) is 29.6 Å². The van der Waals surface area contributed by atoms with E-state index in [1.54, 1.807) is 13.2 Å². The first kappa shape index (κ1) is 17.1. The molecule has 6 heteroatoms. The molecule has 0 saturated heterocycles. The van der Waals surface area contributed by atoms with E-state index in [1.807, 2.05) is 0 Å². The molecule has 0 unspecified atom stereocenters. The molecule has 1 aromatic heterocycles. The van der Waals surface area contributed by atoms with Crippen LogP contribution in [0.3, 0.4) is 0 Å². The highest BCUT2D eigenvalue weighted by molar-refractivity contribution is 5.99. The second-order valence-electron chi connectivity index (χ2n) is 4.67. The summed E-state index contributed by atoms with van der Waals surface area (Å²) in [6, 6.07) is 1.56. The van der Waals surface area contributed by atoms with Gasteiger partial charge >= 0.3 is 0 Å². The van der Waals surface area contributed by atoms with Gasteiger partial charge in [0.15, 0.2) is 0 Å². The number of hydrogen-bond acceptors (Lipinski definition) is 4. The van der Waals surface area contributed by atoms with Crippen LogP contribution in [0.25, 0.3) is 0 Å². The van der Waals surface area contributed by atoms with Gasteiger partial charge in [-0.15, -0.1) is 0 Å². The fraction of sp³-hybridized carbons (Fsp3) is 0.533. The number of pyridine rings is 1. The number of hydrogen-bond donors (Lipinski definition) is 2. The number of aromatic nitrogens is 1. The van der Waals surface area contributed by atoms with Crippen molar-refractivity contribution >= 4 is 11.8 Å². The number of nitrogens with zero attached hydrogens (tertiary/aromatic N) is 1. The van der Waals surface area contributed by atoms with Gasteiger partial charge in [0.1, 0.15) is 0 Å². The highest BCUT2D eigenvalue weighted by Gasteiger charge is 2.10. The van der Waals surface area contributed by atoms with Crippen LogP contribution in [0.2, 0.25) is 0 Å².